The van der Waals surface area contributed by atoms with Crippen LogP contribution >= 0.6 is 15.9 Å². The summed E-state index contributed by atoms with van der Waals surface area (Å²) in [6.07, 6.45) is -6.13. The zero-order chi connectivity index (χ0) is 9.30. The largest absolute Gasteiger partial charge is 0.388 e. The molecule has 0 bridgehead atoms. The normalized spacial score (nSPS) is 49.2. The molecule has 72 valence electrons. The van der Waals surface area contributed by atoms with Crippen molar-refractivity contribution in [1.82, 2.24) is 0 Å². The Morgan fingerprint density at radius 3 is 2.08 bits per heavy atom. The average molecular weight is 243 g/mol. The number of aliphatic hydroxyl groups excluding tert-OH is 4. The van der Waals surface area contributed by atoms with Gasteiger partial charge in [-0.1, -0.05) is 15.9 Å². The van der Waals surface area contributed by atoms with Crippen molar-refractivity contribution in [3.8, 4) is 0 Å². The number of ether oxygens (including phenoxy) is 1. The lowest BCUT2D eigenvalue weighted by atomic mass is 10.0. The Bertz CT molecular complexity index is 150. The van der Waals surface area contributed by atoms with Crippen molar-refractivity contribution in [2.75, 3.05) is 5.33 Å². The van der Waals surface area contributed by atoms with Crippen molar-refractivity contribution in [1.29, 1.82) is 0 Å². The van der Waals surface area contributed by atoms with Crippen molar-refractivity contribution in [3.63, 3.8) is 0 Å². The number of hydrogen-bond donors (Lipinski definition) is 4. The third-order valence-corrected chi connectivity index (χ3v) is 2.48. The Labute approximate surface area is 77.7 Å². The van der Waals surface area contributed by atoms with Crippen LogP contribution in [0.25, 0.3) is 0 Å². The van der Waals surface area contributed by atoms with Crippen LogP contribution in [0, 0.1) is 0 Å². The van der Waals surface area contributed by atoms with Crippen LogP contribution in [0.2, 0.25) is 0 Å². The molecular formula is C6H11BrO5. The van der Waals surface area contributed by atoms with E-state index in [1.165, 1.54) is 0 Å². The van der Waals surface area contributed by atoms with Crippen molar-refractivity contribution in [3.05, 3.63) is 0 Å². The fraction of sp³-hybridized carbons (Fsp3) is 1.00. The number of hydrogen-bond acceptors (Lipinski definition) is 5. The molecule has 0 radical (unpaired) electrons. The van der Waals surface area contributed by atoms with Crippen molar-refractivity contribution < 1.29 is 25.2 Å². The van der Waals surface area contributed by atoms with Crippen LogP contribution < -0.4 is 0 Å². The van der Waals surface area contributed by atoms with Gasteiger partial charge in [0.15, 0.2) is 6.29 Å². The van der Waals surface area contributed by atoms with Crippen LogP contribution in [0.5, 0.6) is 0 Å². The third kappa shape index (κ3) is 1.78. The number of alkyl halides is 1. The van der Waals surface area contributed by atoms with E-state index in [-0.39, 0.29) is 5.33 Å². The highest BCUT2D eigenvalue weighted by Gasteiger charge is 2.42. The number of aliphatic hydroxyl groups is 4. The average Bonchev–Trinajstić information content (AvgIpc) is 2.08. The summed E-state index contributed by atoms with van der Waals surface area (Å²) in [7, 11) is 0. The molecule has 1 saturated heterocycles. The van der Waals surface area contributed by atoms with Crippen LogP contribution in [0.3, 0.4) is 0 Å². The fourth-order valence-electron chi connectivity index (χ4n) is 1.06. The second kappa shape index (κ2) is 3.99. The molecule has 0 aliphatic carbocycles. The maximum Gasteiger partial charge on any atom is 0.183 e. The highest BCUT2D eigenvalue weighted by molar-refractivity contribution is 9.09. The minimum Gasteiger partial charge on any atom is -0.388 e. The molecule has 1 fully saturated rings. The zero-order valence-electron chi connectivity index (χ0n) is 6.17. The van der Waals surface area contributed by atoms with E-state index in [9.17, 15) is 5.11 Å². The van der Waals surface area contributed by atoms with Gasteiger partial charge in [0.25, 0.3) is 0 Å². The van der Waals surface area contributed by atoms with Gasteiger partial charge in [-0.05, 0) is 0 Å². The third-order valence-electron chi connectivity index (χ3n) is 1.84. The Balaban J connectivity index is 2.63. The van der Waals surface area contributed by atoms with Gasteiger partial charge in [-0.25, -0.2) is 0 Å². The molecule has 4 N–H and O–H groups in total. The monoisotopic (exact) mass is 242 g/mol. The topological polar surface area (TPSA) is 90.2 Å². The molecule has 0 aromatic carbocycles. The van der Waals surface area contributed by atoms with Crippen LogP contribution in [0.15, 0.2) is 0 Å². The minimum absolute atomic E-state index is 0.287. The molecule has 0 amide bonds. The lowest BCUT2D eigenvalue weighted by Crippen LogP contribution is -2.57. The highest BCUT2D eigenvalue weighted by atomic mass is 79.9. The van der Waals surface area contributed by atoms with E-state index < -0.39 is 30.7 Å². The fourth-order valence-corrected chi connectivity index (χ4v) is 1.59. The molecule has 1 aliphatic heterocycles. The second-order valence-corrected chi connectivity index (χ2v) is 3.34. The Morgan fingerprint density at radius 1 is 1.00 bits per heavy atom. The lowest BCUT2D eigenvalue weighted by molar-refractivity contribution is -0.276. The number of halogens is 1. The molecule has 6 heteroatoms. The van der Waals surface area contributed by atoms with Crippen LogP contribution in [0.1, 0.15) is 0 Å². The van der Waals surface area contributed by atoms with Gasteiger partial charge in [0.2, 0.25) is 0 Å². The molecule has 0 aromatic heterocycles. The summed E-state index contributed by atoms with van der Waals surface area (Å²) < 4.78 is 4.78. The zero-order valence-corrected chi connectivity index (χ0v) is 7.75. The summed E-state index contributed by atoms with van der Waals surface area (Å²) in [5.74, 6) is 0. The molecule has 1 heterocycles. The van der Waals surface area contributed by atoms with Gasteiger partial charge in [-0.2, -0.15) is 0 Å². The van der Waals surface area contributed by atoms with E-state index in [4.69, 9.17) is 20.1 Å². The Morgan fingerprint density at radius 2 is 1.58 bits per heavy atom. The summed E-state index contributed by atoms with van der Waals surface area (Å²) in [6, 6.07) is 0. The standard InChI is InChI=1S/C6H11BrO5/c7-1-2-3(8)4(9)5(10)6(11)12-2/h2-6,8-11H,1H2/t2?,3-,4-,5?,6-/m0/s1. The van der Waals surface area contributed by atoms with Gasteiger partial charge >= 0.3 is 0 Å². The molecule has 0 spiro atoms. The molecule has 1 aliphatic rings. The molecule has 12 heavy (non-hydrogen) atoms. The predicted molar refractivity (Wildman–Crippen MR) is 42.7 cm³/mol. The van der Waals surface area contributed by atoms with E-state index in [0.717, 1.165) is 0 Å². The van der Waals surface area contributed by atoms with Crippen molar-refractivity contribution in [2.24, 2.45) is 0 Å². The Kier molecular flexibility index (Phi) is 3.45. The molecule has 1 rings (SSSR count). The molecule has 0 aromatic rings. The number of rotatable bonds is 1. The van der Waals surface area contributed by atoms with Gasteiger partial charge in [-0.15, -0.1) is 0 Å². The maximum atomic E-state index is 9.25. The summed E-state index contributed by atoms with van der Waals surface area (Å²) in [6.45, 7) is 0. The first-order valence-electron chi connectivity index (χ1n) is 3.51. The van der Waals surface area contributed by atoms with Crippen LogP contribution in [-0.2, 0) is 4.74 Å². The van der Waals surface area contributed by atoms with E-state index in [1.54, 1.807) is 0 Å². The lowest BCUT2D eigenvalue weighted by Gasteiger charge is -2.37. The molecule has 5 atom stereocenters. The first-order valence-corrected chi connectivity index (χ1v) is 4.63. The van der Waals surface area contributed by atoms with E-state index in [1.807, 2.05) is 0 Å². The maximum absolute atomic E-state index is 9.25. The van der Waals surface area contributed by atoms with Crippen LogP contribution in [0.4, 0.5) is 0 Å². The van der Waals surface area contributed by atoms with Gasteiger partial charge < -0.3 is 25.2 Å². The van der Waals surface area contributed by atoms with E-state index in [0.29, 0.717) is 0 Å². The summed E-state index contributed by atoms with van der Waals surface area (Å²) in [5, 5.41) is 36.7. The SMILES string of the molecule is OC1[C@@H](O)[C@@H](O)C(CBr)O[C@@H]1O. The van der Waals surface area contributed by atoms with Crippen molar-refractivity contribution in [2.45, 2.75) is 30.7 Å². The van der Waals surface area contributed by atoms with E-state index in [2.05, 4.69) is 15.9 Å². The predicted octanol–water partition coefficient (Wildman–Crippen LogP) is -1.82. The molecule has 5 nitrogen and oxygen atoms in total. The first-order chi connectivity index (χ1) is 5.57. The van der Waals surface area contributed by atoms with Gasteiger partial charge in [-0.3, -0.25) is 0 Å². The van der Waals surface area contributed by atoms with Gasteiger partial charge in [0.1, 0.15) is 18.3 Å². The van der Waals surface area contributed by atoms with E-state index >= 15 is 0 Å². The van der Waals surface area contributed by atoms with Crippen LogP contribution in [-0.4, -0.2) is 56.5 Å². The van der Waals surface area contributed by atoms with Gasteiger partial charge in [0, 0.05) is 5.33 Å². The molecule has 0 saturated carbocycles. The van der Waals surface area contributed by atoms with Crippen molar-refractivity contribution >= 4 is 15.9 Å². The smallest absolute Gasteiger partial charge is 0.183 e. The highest BCUT2D eigenvalue weighted by Crippen LogP contribution is 2.20. The van der Waals surface area contributed by atoms with Gasteiger partial charge in [0.05, 0.1) is 6.10 Å². The summed E-state index contributed by atoms with van der Waals surface area (Å²) in [5.41, 5.74) is 0. The quantitative estimate of drug-likeness (QED) is 0.407. The minimum atomic E-state index is -1.45. The summed E-state index contributed by atoms with van der Waals surface area (Å²) in [4.78, 5) is 0. The summed E-state index contributed by atoms with van der Waals surface area (Å²) >= 11 is 3.04. The first kappa shape index (κ1) is 10.4. The molecular weight excluding hydrogens is 232 g/mol. The molecule has 2 unspecified atom stereocenters. The Hall–Kier alpha value is 0.280. The second-order valence-electron chi connectivity index (χ2n) is 2.69.